The molecule has 0 aliphatic carbocycles. The number of nitrogens with one attached hydrogen (secondary N) is 1. The quantitative estimate of drug-likeness (QED) is 0.00778. The molecule has 36 heteroatoms. The van der Waals surface area contributed by atoms with E-state index in [0.29, 0.717) is 79.2 Å². The molecule has 6 N–H and O–H groups in total. The number of hydrazine groups is 2. The molecule has 4 unspecified atom stereocenters. The minimum absolute atomic E-state index is 0.0190. The summed E-state index contributed by atoms with van der Waals surface area (Å²) in [5.41, 5.74) is 13.0. The van der Waals surface area contributed by atoms with Gasteiger partial charge in [0.1, 0.15) is 35.9 Å². The van der Waals surface area contributed by atoms with Crippen molar-refractivity contribution in [1.29, 1.82) is 0 Å². The van der Waals surface area contributed by atoms with Gasteiger partial charge in [-0.3, -0.25) is 28.4 Å². The smallest absolute Gasteiger partial charge is 0.431 e. The number of hydroxylamine groups is 2. The highest BCUT2D eigenvalue weighted by Crippen LogP contribution is 2.52. The highest BCUT2D eigenvalue weighted by Gasteiger charge is 2.56. The Labute approximate surface area is 757 Å². The summed E-state index contributed by atoms with van der Waals surface area (Å²) in [4.78, 5) is 74.4. The van der Waals surface area contributed by atoms with E-state index in [2.05, 4.69) is 22.3 Å². The number of carbonyl (C=O) groups is 4. The SMILES string of the molecule is CCCCOC(=O)[C@H](C)OP(=O)(COCCCN1C(=O)N(Cc2ccc3[nH]nc(N)c3c2)[C@H](Cc2ccccc2)[C@H](O)[C@@H](O)[C@H]1Cc1ccccc1)Oc1ccccc1.CCCCOC(=O)[C@H](C)OP(=O)(COCCCN1C(=O)N(Cc2ccc3c(c2)c(N(N2CO2)N2CO2)nn3B(C)O)[C@H](Cc2ccccc2)[C@@H]2OC(C)(C)O[C@H]2[C@H]1Cc1ccccc1)Oc1ccccc1. The molecule has 33 nitrogen and oxygen atoms in total. The van der Waals surface area contributed by atoms with Crippen molar-refractivity contribution >= 4 is 79.7 Å². The van der Waals surface area contributed by atoms with Gasteiger partial charge in [-0.25, -0.2) is 28.3 Å². The van der Waals surface area contributed by atoms with E-state index >= 15 is 9.59 Å². The van der Waals surface area contributed by atoms with Crippen LogP contribution in [0.15, 0.2) is 218 Å². The molecule has 15 rings (SSSR count). The molecule has 692 valence electrons. The summed E-state index contributed by atoms with van der Waals surface area (Å²) in [6, 6.07) is 64.5. The third-order valence-corrected chi connectivity index (χ3v) is 26.2. The minimum atomic E-state index is -4.09. The van der Waals surface area contributed by atoms with Gasteiger partial charge in [0, 0.05) is 50.2 Å². The number of aliphatic hydroxyl groups excluding tert-OH is 2. The van der Waals surface area contributed by atoms with Crippen LogP contribution in [0, 0.1) is 0 Å². The van der Waals surface area contributed by atoms with Gasteiger partial charge in [-0.15, -0.1) is 0 Å². The Morgan fingerprint density at radius 3 is 1.35 bits per heavy atom. The molecule has 5 aliphatic heterocycles. The standard InChI is InChI=1S/C50H63BN7O12P.C44H54N5O9P/c1-6-7-28-64-48(59)36(2)69-71(62,70-40-22-15-10-16-23-40)35-63-27-17-26-53-43(30-37-18-11-8-12-19-37)45-46(68-50(3,4)67-45)44(31-38-20-13-9-14-21-38)54(49(53)60)32-39-24-25-42-41(29-39)47(52-57(42)51(5)61)58(55-33-65-55)56-34-66-56;1-3-4-25-56-43(52)31(2)57-59(54,58-35-19-12-7-13-20-35)30-55-24-14-23-48-38(27-32-15-8-5-9-16-32)40(50)41(51)39(28-33-17-10-6-11-18-33)49(44(48)53)29-34-21-22-37-36(26-34)42(45)47-46-37/h8-16,18-25,29,36,43-46,61H,6-7,17,26-28,30-35H2,1-5H3;5-13,15-22,26,31,38-41,50-51H,3-4,14,23-25,27-30H2,1-2H3,(H3,45,46,47)/t36-,43+,44+,45-,46-,55?,56?,71?;31-,38+,39+,40-,41-,59?/m00/s1. The first-order valence-corrected chi connectivity index (χ1v) is 47.9. The average molecular weight is 1820 g/mol. The number of esters is 2. The van der Waals surface area contributed by atoms with E-state index in [1.807, 2.05) is 183 Å². The number of hydrogen-bond acceptors (Lipinski definition) is 27. The minimum Gasteiger partial charge on any atom is -0.464 e. The van der Waals surface area contributed by atoms with E-state index in [9.17, 15) is 34.0 Å². The average Bonchev–Trinajstić information content (AvgIpc) is 1.57. The lowest BCUT2D eigenvalue weighted by Gasteiger charge is -2.37. The number of unbranched alkanes of at least 4 members (excludes halogenated alkanes) is 2. The van der Waals surface area contributed by atoms with Crippen LogP contribution in [0.4, 0.5) is 21.2 Å². The van der Waals surface area contributed by atoms with Crippen LogP contribution in [0.5, 0.6) is 11.5 Å². The molecule has 0 radical (unpaired) electrons. The summed E-state index contributed by atoms with van der Waals surface area (Å²) in [7, 11) is -9.09. The maximum Gasteiger partial charge on any atom is 0.431 e. The van der Waals surface area contributed by atoms with E-state index in [0.717, 1.165) is 51.7 Å². The van der Waals surface area contributed by atoms with Crippen molar-refractivity contribution in [1.82, 2.24) is 49.8 Å². The summed E-state index contributed by atoms with van der Waals surface area (Å²) in [5.74, 6) is -0.906. The number of fused-ring (bicyclic) bond motifs is 3. The molecular weight excluding hydrogens is 1710 g/mol. The van der Waals surface area contributed by atoms with Gasteiger partial charge < -0.3 is 78.0 Å². The highest BCUT2D eigenvalue weighted by molar-refractivity contribution is 7.54. The Hall–Kier alpha value is -10.6. The maximum atomic E-state index is 15.8. The second-order valence-corrected chi connectivity index (χ2v) is 37.1. The van der Waals surface area contributed by atoms with Crippen molar-refractivity contribution in [3.05, 3.63) is 252 Å². The highest BCUT2D eigenvalue weighted by atomic mass is 31.2. The number of aromatic amines is 1. The summed E-state index contributed by atoms with van der Waals surface area (Å²) < 4.78 is 89.8. The van der Waals surface area contributed by atoms with Gasteiger partial charge in [0.2, 0.25) is 0 Å². The monoisotopic (exact) mass is 1820 g/mol. The van der Waals surface area contributed by atoms with Crippen molar-refractivity contribution in [3.63, 3.8) is 0 Å². The zero-order valence-corrected chi connectivity index (χ0v) is 76.1. The van der Waals surface area contributed by atoms with E-state index in [1.165, 1.54) is 13.8 Å². The predicted octanol–water partition coefficient (Wildman–Crippen LogP) is 14.1. The van der Waals surface area contributed by atoms with E-state index in [-0.39, 0.29) is 89.7 Å². The normalized spacial score (nSPS) is 22.0. The number of anilines is 2. The second kappa shape index (κ2) is 44.5. The van der Waals surface area contributed by atoms with Crippen molar-refractivity contribution in [2.45, 2.75) is 192 Å². The molecule has 130 heavy (non-hydrogen) atoms. The molecule has 5 aliphatic rings. The van der Waals surface area contributed by atoms with Crippen molar-refractivity contribution < 1.29 is 99.7 Å². The molecule has 0 spiro atoms. The van der Waals surface area contributed by atoms with Crippen molar-refractivity contribution in [2.75, 3.05) is 76.5 Å². The third-order valence-electron chi connectivity index (χ3n) is 23.0. The molecule has 0 saturated carbocycles. The zero-order valence-electron chi connectivity index (χ0n) is 74.3. The van der Waals surface area contributed by atoms with Gasteiger partial charge in [-0.05, 0) is 168 Å². The number of H-pyrrole nitrogens is 1. The largest absolute Gasteiger partial charge is 0.464 e. The Morgan fingerprint density at radius 1 is 0.538 bits per heavy atom. The lowest BCUT2D eigenvalue weighted by Crippen LogP contribution is -2.52. The molecule has 0 bridgehead atoms. The van der Waals surface area contributed by atoms with Gasteiger partial charge in [-0.2, -0.15) is 15.3 Å². The Bertz CT molecular complexity index is 5420. The van der Waals surface area contributed by atoms with Gasteiger partial charge in [0.15, 0.2) is 55.8 Å². The summed E-state index contributed by atoms with van der Waals surface area (Å²) in [6.45, 7) is 14.2. The van der Waals surface area contributed by atoms with Crippen LogP contribution in [0.3, 0.4) is 0 Å². The molecule has 4 amide bonds. The van der Waals surface area contributed by atoms with Crippen molar-refractivity contribution in [2.24, 2.45) is 0 Å². The summed E-state index contributed by atoms with van der Waals surface area (Å²) >= 11 is 0. The first-order chi connectivity index (χ1) is 62.8. The van der Waals surface area contributed by atoms with Crippen LogP contribution in [0.25, 0.3) is 21.8 Å². The number of nitrogens with two attached hydrogens (primary N) is 1. The summed E-state index contributed by atoms with van der Waals surface area (Å²) in [6.07, 6.45) is -1.90. The van der Waals surface area contributed by atoms with E-state index in [1.54, 1.807) is 97.3 Å². The Kier molecular flexibility index (Phi) is 32.7. The zero-order chi connectivity index (χ0) is 91.5. The number of carbonyl (C=O) groups excluding carboxylic acids is 4. The molecule has 5 saturated heterocycles. The lowest BCUT2D eigenvalue weighted by atomic mass is 9.89. The first kappa shape index (κ1) is 95.5. The van der Waals surface area contributed by atoms with Crippen LogP contribution in [0.1, 0.15) is 113 Å². The molecule has 8 aromatic carbocycles. The summed E-state index contributed by atoms with van der Waals surface area (Å²) in [5, 5.41) is 53.1. The molecule has 5 fully saturated rings. The molecule has 10 aromatic rings. The Balaban J connectivity index is 0.000000214. The predicted molar refractivity (Wildman–Crippen MR) is 487 cm³/mol. The van der Waals surface area contributed by atoms with Gasteiger partial charge in [0.05, 0.1) is 48.4 Å². The number of aliphatic hydroxyl groups is 2. The van der Waals surface area contributed by atoms with Crippen LogP contribution < -0.4 is 19.9 Å². The van der Waals surface area contributed by atoms with E-state index < -0.39 is 113 Å². The van der Waals surface area contributed by atoms with Crippen molar-refractivity contribution in [3.8, 4) is 11.5 Å². The number of hydrogen-bond donors (Lipinski definition) is 5. The number of rotatable bonds is 44. The number of urea groups is 2. The second-order valence-electron chi connectivity index (χ2n) is 33.4. The molecule has 7 heterocycles. The molecule has 14 atom stereocenters. The van der Waals surface area contributed by atoms with Gasteiger partial charge >= 0.3 is 46.2 Å². The fourth-order valence-electron chi connectivity index (χ4n) is 16.5. The van der Waals surface area contributed by atoms with Crippen LogP contribution in [-0.4, -0.2) is 228 Å². The Morgan fingerprint density at radius 2 is 0.923 bits per heavy atom. The van der Waals surface area contributed by atoms with Gasteiger partial charge in [0.25, 0.3) is 0 Å². The van der Waals surface area contributed by atoms with Gasteiger partial charge in [-0.1, -0.05) is 207 Å². The molecular formula is C94H117BN12O21P2. The number of amides is 4. The lowest BCUT2D eigenvalue weighted by molar-refractivity contribution is -0.157. The van der Waals surface area contributed by atoms with Crippen LogP contribution >= 0.6 is 15.2 Å². The molecule has 2 aromatic heterocycles. The number of para-hydroxylation sites is 2. The number of ether oxygens (including phenoxy) is 6. The van der Waals surface area contributed by atoms with Crippen LogP contribution in [0.2, 0.25) is 6.82 Å². The number of nitrogens with zero attached hydrogens (tertiary/aromatic N) is 10. The number of aromatic nitrogens is 4. The maximum absolute atomic E-state index is 15.8. The number of nitrogen functional groups attached to an aromatic ring is 1. The fraction of sp³-hybridized carbons (Fsp3) is 0.426. The van der Waals surface area contributed by atoms with Crippen LogP contribution in [-0.2, 0) is 105 Å². The first-order valence-electron chi connectivity index (χ1n) is 44.4. The fourth-order valence-corrected chi connectivity index (χ4v) is 19.5. The number of benzene rings is 8. The van der Waals surface area contributed by atoms with E-state index in [4.69, 9.17) is 67.0 Å². The third kappa shape index (κ3) is 25.0. The topological polar surface area (TPSA) is 375 Å².